The summed E-state index contributed by atoms with van der Waals surface area (Å²) in [7, 11) is -3.72. The first-order chi connectivity index (χ1) is 13.0. The van der Waals surface area contributed by atoms with Crippen LogP contribution in [0.4, 0.5) is 0 Å². The molecule has 3 N–H and O–H groups in total. The minimum atomic E-state index is -3.72. The summed E-state index contributed by atoms with van der Waals surface area (Å²) in [5, 5.41) is 5.56. The van der Waals surface area contributed by atoms with Crippen LogP contribution in [-0.4, -0.2) is 31.8 Å². The first-order valence-electron chi connectivity index (χ1n) is 9.66. The standard InChI is InChI=1S/C20H31N3O4S/c1-14(24)22-18(15-9-5-6-10-15)19(25)21-13-16-11-7-8-12-17(16)28(26,27)23-20(2,3)4/h7-8,11-12,15,18,23H,5-6,9-10,13H2,1-4H3,(H,21,25)(H,22,24). The second-order valence-corrected chi connectivity index (χ2v) is 10.1. The molecular weight excluding hydrogens is 378 g/mol. The molecule has 7 nitrogen and oxygen atoms in total. The number of nitrogens with one attached hydrogen (secondary N) is 3. The lowest BCUT2D eigenvalue weighted by molar-refractivity contribution is -0.129. The van der Waals surface area contributed by atoms with Crippen LogP contribution in [0, 0.1) is 5.92 Å². The molecule has 1 aromatic carbocycles. The van der Waals surface area contributed by atoms with Gasteiger partial charge in [-0.15, -0.1) is 0 Å². The smallest absolute Gasteiger partial charge is 0.243 e. The van der Waals surface area contributed by atoms with Crippen LogP contribution in [0.2, 0.25) is 0 Å². The van der Waals surface area contributed by atoms with Crippen molar-refractivity contribution in [1.29, 1.82) is 0 Å². The highest BCUT2D eigenvalue weighted by molar-refractivity contribution is 7.89. The molecule has 1 unspecified atom stereocenters. The van der Waals surface area contributed by atoms with E-state index in [4.69, 9.17) is 0 Å². The first kappa shape index (κ1) is 22.4. The summed E-state index contributed by atoms with van der Waals surface area (Å²) >= 11 is 0. The van der Waals surface area contributed by atoms with Crippen LogP contribution in [-0.2, 0) is 26.2 Å². The fourth-order valence-electron chi connectivity index (χ4n) is 3.57. The fourth-order valence-corrected chi connectivity index (χ4v) is 5.23. The topological polar surface area (TPSA) is 104 Å². The average Bonchev–Trinajstić information content (AvgIpc) is 3.09. The van der Waals surface area contributed by atoms with Crippen LogP contribution in [0.25, 0.3) is 0 Å². The fraction of sp³-hybridized carbons (Fsp3) is 0.600. The Morgan fingerprint density at radius 1 is 1.14 bits per heavy atom. The predicted molar refractivity (Wildman–Crippen MR) is 108 cm³/mol. The van der Waals surface area contributed by atoms with Gasteiger partial charge in [0.2, 0.25) is 21.8 Å². The van der Waals surface area contributed by atoms with Gasteiger partial charge in [-0.1, -0.05) is 31.0 Å². The van der Waals surface area contributed by atoms with E-state index in [0.717, 1.165) is 25.7 Å². The summed E-state index contributed by atoms with van der Waals surface area (Å²) in [6.07, 6.45) is 3.90. The molecule has 2 rings (SSSR count). The maximum atomic E-state index is 12.7. The van der Waals surface area contributed by atoms with Crippen molar-refractivity contribution in [1.82, 2.24) is 15.4 Å². The Hall–Kier alpha value is -1.93. The van der Waals surface area contributed by atoms with Crippen molar-refractivity contribution in [2.45, 2.75) is 76.4 Å². The van der Waals surface area contributed by atoms with Crippen LogP contribution < -0.4 is 15.4 Å². The summed E-state index contributed by atoms with van der Waals surface area (Å²) in [6.45, 7) is 6.79. The van der Waals surface area contributed by atoms with Crippen LogP contribution >= 0.6 is 0 Å². The normalized spacial score (nSPS) is 16.6. The van der Waals surface area contributed by atoms with E-state index in [1.807, 2.05) is 0 Å². The summed E-state index contributed by atoms with van der Waals surface area (Å²) in [5.74, 6) is -0.409. The zero-order valence-corrected chi connectivity index (χ0v) is 17.9. The highest BCUT2D eigenvalue weighted by atomic mass is 32.2. The van der Waals surface area contributed by atoms with E-state index >= 15 is 0 Å². The van der Waals surface area contributed by atoms with E-state index in [1.54, 1.807) is 39.0 Å². The number of benzene rings is 1. The molecule has 0 aromatic heterocycles. The summed E-state index contributed by atoms with van der Waals surface area (Å²) in [4.78, 5) is 24.4. The van der Waals surface area contributed by atoms with Crippen LogP contribution in [0.15, 0.2) is 29.2 Å². The third-order valence-electron chi connectivity index (χ3n) is 4.67. The van der Waals surface area contributed by atoms with E-state index in [9.17, 15) is 18.0 Å². The molecule has 0 saturated heterocycles. The van der Waals surface area contributed by atoms with E-state index in [0.29, 0.717) is 5.56 Å². The van der Waals surface area contributed by atoms with Crippen molar-refractivity contribution in [3.63, 3.8) is 0 Å². The molecular formula is C20H31N3O4S. The van der Waals surface area contributed by atoms with E-state index < -0.39 is 21.6 Å². The highest BCUT2D eigenvalue weighted by Crippen LogP contribution is 2.28. The summed E-state index contributed by atoms with van der Waals surface area (Å²) in [5.41, 5.74) is -0.116. The number of amides is 2. The molecule has 0 heterocycles. The van der Waals surface area contributed by atoms with Gasteiger partial charge in [-0.3, -0.25) is 9.59 Å². The maximum absolute atomic E-state index is 12.7. The van der Waals surface area contributed by atoms with Gasteiger partial charge < -0.3 is 10.6 Å². The summed E-state index contributed by atoms with van der Waals surface area (Å²) in [6, 6.07) is 6.01. The first-order valence-corrected chi connectivity index (χ1v) is 11.1. The van der Waals surface area contributed by atoms with Gasteiger partial charge in [-0.2, -0.15) is 0 Å². The van der Waals surface area contributed by atoms with Gasteiger partial charge in [0.1, 0.15) is 6.04 Å². The Labute approximate surface area is 167 Å². The number of carbonyl (C=O) groups excluding carboxylic acids is 2. The van der Waals surface area contributed by atoms with Gasteiger partial charge in [-0.05, 0) is 51.2 Å². The molecule has 156 valence electrons. The maximum Gasteiger partial charge on any atom is 0.243 e. The molecule has 1 aliphatic rings. The molecule has 8 heteroatoms. The van der Waals surface area contributed by atoms with Gasteiger partial charge in [0.25, 0.3) is 0 Å². The molecule has 0 aliphatic heterocycles. The van der Waals surface area contributed by atoms with Gasteiger partial charge in [0.15, 0.2) is 0 Å². The van der Waals surface area contributed by atoms with Crippen molar-refractivity contribution < 1.29 is 18.0 Å². The molecule has 0 bridgehead atoms. The van der Waals surface area contributed by atoms with Crippen molar-refractivity contribution >= 4 is 21.8 Å². The molecule has 0 spiro atoms. The lowest BCUT2D eigenvalue weighted by atomic mass is 9.97. The number of rotatable bonds is 7. The van der Waals surface area contributed by atoms with Gasteiger partial charge in [-0.25, -0.2) is 13.1 Å². The molecule has 1 fully saturated rings. The number of hydrogen-bond donors (Lipinski definition) is 3. The predicted octanol–water partition coefficient (Wildman–Crippen LogP) is 2.07. The zero-order chi connectivity index (χ0) is 20.9. The number of sulfonamides is 1. The number of carbonyl (C=O) groups is 2. The Balaban J connectivity index is 2.15. The van der Waals surface area contributed by atoms with Gasteiger partial charge >= 0.3 is 0 Å². The quantitative estimate of drug-likeness (QED) is 0.641. The Morgan fingerprint density at radius 2 is 1.75 bits per heavy atom. The lowest BCUT2D eigenvalue weighted by Gasteiger charge is -2.24. The van der Waals surface area contributed by atoms with Crippen molar-refractivity contribution in [3.8, 4) is 0 Å². The Bertz CT molecular complexity index is 809. The molecule has 1 aromatic rings. The van der Waals surface area contributed by atoms with Crippen LogP contribution in [0.5, 0.6) is 0 Å². The van der Waals surface area contributed by atoms with Crippen molar-refractivity contribution in [2.75, 3.05) is 0 Å². The monoisotopic (exact) mass is 409 g/mol. The highest BCUT2D eigenvalue weighted by Gasteiger charge is 2.31. The largest absolute Gasteiger partial charge is 0.350 e. The van der Waals surface area contributed by atoms with Gasteiger partial charge in [0.05, 0.1) is 4.90 Å². The SMILES string of the molecule is CC(=O)NC(C(=O)NCc1ccccc1S(=O)(=O)NC(C)(C)C)C1CCCC1. The molecule has 2 amide bonds. The second-order valence-electron chi connectivity index (χ2n) is 8.40. The van der Waals surface area contributed by atoms with Gasteiger partial charge in [0, 0.05) is 19.0 Å². The van der Waals surface area contributed by atoms with Crippen LogP contribution in [0.1, 0.15) is 58.9 Å². The molecule has 1 atom stereocenters. The van der Waals surface area contributed by atoms with E-state index in [1.165, 1.54) is 13.0 Å². The summed E-state index contributed by atoms with van der Waals surface area (Å²) < 4.78 is 28.1. The molecule has 1 aliphatic carbocycles. The third kappa shape index (κ3) is 6.31. The minimum Gasteiger partial charge on any atom is -0.350 e. The molecule has 1 saturated carbocycles. The average molecular weight is 410 g/mol. The molecule has 28 heavy (non-hydrogen) atoms. The van der Waals surface area contributed by atoms with Crippen LogP contribution in [0.3, 0.4) is 0 Å². The van der Waals surface area contributed by atoms with E-state index in [-0.39, 0.29) is 29.2 Å². The molecule has 0 radical (unpaired) electrons. The second kappa shape index (κ2) is 9.05. The van der Waals surface area contributed by atoms with Crippen molar-refractivity contribution in [3.05, 3.63) is 29.8 Å². The Kier molecular flexibility index (Phi) is 7.22. The number of hydrogen-bond acceptors (Lipinski definition) is 4. The minimum absolute atomic E-state index is 0.0723. The Morgan fingerprint density at radius 3 is 2.32 bits per heavy atom. The van der Waals surface area contributed by atoms with Crippen molar-refractivity contribution in [2.24, 2.45) is 5.92 Å². The third-order valence-corrected chi connectivity index (χ3v) is 6.53. The lowest BCUT2D eigenvalue weighted by Crippen LogP contribution is -2.49. The van der Waals surface area contributed by atoms with E-state index in [2.05, 4.69) is 15.4 Å². The zero-order valence-electron chi connectivity index (χ0n) is 17.0.